The van der Waals surface area contributed by atoms with E-state index in [2.05, 4.69) is 15.6 Å². The molecular formula is C24H22N4O3S. The van der Waals surface area contributed by atoms with E-state index in [-0.39, 0.29) is 22.9 Å². The van der Waals surface area contributed by atoms with Gasteiger partial charge in [0, 0.05) is 29.4 Å². The number of nitriles is 1. The lowest BCUT2D eigenvalue weighted by Crippen LogP contribution is -2.22. The number of benzene rings is 2. The van der Waals surface area contributed by atoms with Gasteiger partial charge in [-0.15, -0.1) is 11.8 Å². The number of hydrogen-bond donors (Lipinski definition) is 2. The molecule has 0 aliphatic carbocycles. The van der Waals surface area contributed by atoms with E-state index in [1.54, 1.807) is 48.7 Å². The molecule has 8 heteroatoms. The Morgan fingerprint density at radius 2 is 1.88 bits per heavy atom. The van der Waals surface area contributed by atoms with Gasteiger partial charge in [0.15, 0.2) is 0 Å². The van der Waals surface area contributed by atoms with Crippen LogP contribution in [0.3, 0.4) is 0 Å². The predicted molar refractivity (Wildman–Crippen MR) is 125 cm³/mol. The fourth-order valence-electron chi connectivity index (χ4n) is 2.82. The van der Waals surface area contributed by atoms with Gasteiger partial charge in [0.2, 0.25) is 17.7 Å². The third-order valence-electron chi connectivity index (χ3n) is 4.42. The number of pyridine rings is 1. The Morgan fingerprint density at radius 3 is 2.53 bits per heavy atom. The number of amides is 2. The van der Waals surface area contributed by atoms with Crippen LogP contribution in [0.15, 0.2) is 65.7 Å². The summed E-state index contributed by atoms with van der Waals surface area (Å²) in [5, 5.41) is 14.5. The van der Waals surface area contributed by atoms with Crippen LogP contribution in [0.2, 0.25) is 0 Å². The van der Waals surface area contributed by atoms with Crippen molar-refractivity contribution in [3.63, 3.8) is 0 Å². The Morgan fingerprint density at radius 1 is 1.12 bits per heavy atom. The second-order valence-electron chi connectivity index (χ2n) is 7.00. The molecule has 1 unspecified atom stereocenters. The SMILES string of the molecule is CC(=O)Nc1ccc(SC(C)C(=O)Nc2ccc(Oc3ncccc3C#N)cc2C)cc1. The van der Waals surface area contributed by atoms with Gasteiger partial charge in [-0.05, 0) is 74.0 Å². The molecule has 0 saturated heterocycles. The van der Waals surface area contributed by atoms with E-state index in [0.717, 1.165) is 10.5 Å². The van der Waals surface area contributed by atoms with Crippen LogP contribution in [0.4, 0.5) is 11.4 Å². The third-order valence-corrected chi connectivity index (χ3v) is 5.53. The van der Waals surface area contributed by atoms with Crippen molar-refractivity contribution in [2.24, 2.45) is 0 Å². The number of thioether (sulfide) groups is 1. The van der Waals surface area contributed by atoms with Crippen molar-refractivity contribution in [1.29, 1.82) is 5.26 Å². The van der Waals surface area contributed by atoms with Gasteiger partial charge in [-0.2, -0.15) is 5.26 Å². The van der Waals surface area contributed by atoms with E-state index in [0.29, 0.717) is 22.7 Å². The Balaban J connectivity index is 1.62. The summed E-state index contributed by atoms with van der Waals surface area (Å²) < 4.78 is 5.72. The van der Waals surface area contributed by atoms with Crippen LogP contribution in [0, 0.1) is 18.3 Å². The molecule has 162 valence electrons. The van der Waals surface area contributed by atoms with Gasteiger partial charge < -0.3 is 15.4 Å². The third kappa shape index (κ3) is 6.09. The molecule has 7 nitrogen and oxygen atoms in total. The minimum absolute atomic E-state index is 0.129. The van der Waals surface area contributed by atoms with Crippen molar-refractivity contribution in [3.8, 4) is 17.7 Å². The van der Waals surface area contributed by atoms with Gasteiger partial charge >= 0.3 is 0 Å². The maximum atomic E-state index is 12.7. The normalized spacial score (nSPS) is 11.2. The van der Waals surface area contributed by atoms with Crippen LogP contribution in [0.1, 0.15) is 25.0 Å². The van der Waals surface area contributed by atoms with E-state index >= 15 is 0 Å². The van der Waals surface area contributed by atoms with Crippen molar-refractivity contribution in [1.82, 2.24) is 4.98 Å². The van der Waals surface area contributed by atoms with E-state index in [4.69, 9.17) is 10.00 Å². The number of carbonyl (C=O) groups excluding carboxylic acids is 2. The zero-order chi connectivity index (χ0) is 23.1. The van der Waals surface area contributed by atoms with Gasteiger partial charge in [0.25, 0.3) is 0 Å². The molecular weight excluding hydrogens is 424 g/mol. The van der Waals surface area contributed by atoms with Gasteiger partial charge in [-0.25, -0.2) is 4.98 Å². The fraction of sp³-hybridized carbons (Fsp3) is 0.167. The zero-order valence-electron chi connectivity index (χ0n) is 17.9. The number of ether oxygens (including phenoxy) is 1. The number of aryl methyl sites for hydroxylation is 1. The van der Waals surface area contributed by atoms with E-state index in [1.807, 2.05) is 32.0 Å². The summed E-state index contributed by atoms with van der Waals surface area (Å²) in [6.07, 6.45) is 1.56. The molecule has 3 aromatic rings. The molecule has 3 rings (SSSR count). The van der Waals surface area contributed by atoms with Crippen LogP contribution < -0.4 is 15.4 Å². The number of nitrogens with one attached hydrogen (secondary N) is 2. The second-order valence-corrected chi connectivity index (χ2v) is 8.42. The Kier molecular flexibility index (Phi) is 7.47. The molecule has 0 bridgehead atoms. The number of rotatable bonds is 7. The summed E-state index contributed by atoms with van der Waals surface area (Å²) in [5.41, 5.74) is 2.56. The lowest BCUT2D eigenvalue weighted by atomic mass is 10.2. The highest BCUT2D eigenvalue weighted by Crippen LogP contribution is 2.29. The fourth-order valence-corrected chi connectivity index (χ4v) is 3.69. The average molecular weight is 447 g/mol. The highest BCUT2D eigenvalue weighted by Gasteiger charge is 2.16. The van der Waals surface area contributed by atoms with Crippen molar-refractivity contribution < 1.29 is 14.3 Å². The van der Waals surface area contributed by atoms with Crippen LogP contribution >= 0.6 is 11.8 Å². The molecule has 1 atom stereocenters. The lowest BCUT2D eigenvalue weighted by Gasteiger charge is -2.15. The van der Waals surface area contributed by atoms with Gasteiger partial charge in [0.05, 0.1) is 5.25 Å². The van der Waals surface area contributed by atoms with Crippen LogP contribution in [-0.2, 0) is 9.59 Å². The van der Waals surface area contributed by atoms with E-state index < -0.39 is 0 Å². The quantitative estimate of drug-likeness (QED) is 0.488. The summed E-state index contributed by atoms with van der Waals surface area (Å²) in [7, 11) is 0. The minimum atomic E-state index is -0.330. The smallest absolute Gasteiger partial charge is 0.237 e. The number of nitrogens with zero attached hydrogens (tertiary/aromatic N) is 2. The highest BCUT2D eigenvalue weighted by molar-refractivity contribution is 8.00. The predicted octanol–water partition coefficient (Wildman–Crippen LogP) is 5.13. The van der Waals surface area contributed by atoms with Crippen LogP contribution in [0.25, 0.3) is 0 Å². The first-order valence-electron chi connectivity index (χ1n) is 9.84. The zero-order valence-corrected chi connectivity index (χ0v) is 18.7. The van der Waals surface area contributed by atoms with E-state index in [9.17, 15) is 9.59 Å². The van der Waals surface area contributed by atoms with E-state index in [1.165, 1.54) is 18.7 Å². The van der Waals surface area contributed by atoms with Gasteiger partial charge in [0.1, 0.15) is 17.4 Å². The number of hydrogen-bond acceptors (Lipinski definition) is 6. The molecule has 32 heavy (non-hydrogen) atoms. The summed E-state index contributed by atoms with van der Waals surface area (Å²) in [6.45, 7) is 5.15. The number of carbonyl (C=O) groups is 2. The maximum absolute atomic E-state index is 12.7. The summed E-state index contributed by atoms with van der Waals surface area (Å²) >= 11 is 1.43. The number of anilines is 2. The van der Waals surface area contributed by atoms with Crippen LogP contribution in [0.5, 0.6) is 11.6 Å². The van der Waals surface area contributed by atoms with Crippen molar-refractivity contribution in [2.45, 2.75) is 30.9 Å². The second kappa shape index (κ2) is 10.5. The summed E-state index contributed by atoms with van der Waals surface area (Å²) in [6, 6.07) is 18.0. The highest BCUT2D eigenvalue weighted by atomic mass is 32.2. The first kappa shape index (κ1) is 22.8. The van der Waals surface area contributed by atoms with Gasteiger partial charge in [-0.1, -0.05) is 0 Å². The standard InChI is InChI=1S/C24H22N4O3S/c1-15-13-20(31-24-18(14-25)5-4-12-26-24)8-11-22(15)28-23(30)16(2)32-21-9-6-19(7-10-21)27-17(3)29/h4-13,16H,1-3H3,(H,27,29)(H,28,30). The molecule has 1 aromatic heterocycles. The average Bonchev–Trinajstić information content (AvgIpc) is 2.77. The maximum Gasteiger partial charge on any atom is 0.237 e. The molecule has 0 fully saturated rings. The van der Waals surface area contributed by atoms with Crippen molar-refractivity contribution in [3.05, 3.63) is 71.9 Å². The summed E-state index contributed by atoms with van der Waals surface area (Å²) in [5.74, 6) is 0.503. The molecule has 2 N–H and O–H groups in total. The largest absolute Gasteiger partial charge is 0.438 e. The first-order chi connectivity index (χ1) is 15.4. The topological polar surface area (TPSA) is 104 Å². The first-order valence-corrected chi connectivity index (χ1v) is 10.7. The molecule has 2 aromatic carbocycles. The Bertz CT molecular complexity index is 1170. The lowest BCUT2D eigenvalue weighted by molar-refractivity contribution is -0.115. The summed E-state index contributed by atoms with van der Waals surface area (Å²) in [4.78, 5) is 28.8. The Labute approximate surface area is 190 Å². The molecule has 0 saturated carbocycles. The molecule has 0 aliphatic heterocycles. The van der Waals surface area contributed by atoms with Crippen LogP contribution in [-0.4, -0.2) is 22.0 Å². The monoisotopic (exact) mass is 446 g/mol. The Hall–Kier alpha value is -3.83. The molecule has 0 radical (unpaired) electrons. The number of aromatic nitrogens is 1. The minimum Gasteiger partial charge on any atom is -0.438 e. The van der Waals surface area contributed by atoms with Crippen molar-refractivity contribution >= 4 is 35.0 Å². The molecule has 0 spiro atoms. The molecule has 2 amide bonds. The molecule has 1 heterocycles. The molecule has 0 aliphatic rings. The van der Waals surface area contributed by atoms with Gasteiger partial charge in [-0.3, -0.25) is 9.59 Å². The van der Waals surface area contributed by atoms with Crippen molar-refractivity contribution in [2.75, 3.05) is 10.6 Å².